The molecule has 1 aromatic heterocycles. The first-order valence-electron chi connectivity index (χ1n) is 5.90. The Morgan fingerprint density at radius 1 is 1.65 bits per heavy atom. The first-order valence-corrected chi connectivity index (χ1v) is 5.90. The van der Waals surface area contributed by atoms with Gasteiger partial charge < -0.3 is 20.7 Å². The summed E-state index contributed by atoms with van der Waals surface area (Å²) in [5.74, 6) is 0.579. The van der Waals surface area contributed by atoms with E-state index in [0.717, 1.165) is 26.2 Å². The minimum atomic E-state index is 0.380. The Labute approximate surface area is 102 Å². The maximum atomic E-state index is 5.67. The third kappa shape index (κ3) is 2.87. The van der Waals surface area contributed by atoms with Crippen LogP contribution in [-0.2, 0) is 4.74 Å². The molecule has 3 N–H and O–H groups in total. The Kier molecular flexibility index (Phi) is 3.81. The molecule has 1 aromatic rings. The Hall–Kier alpha value is -1.33. The van der Waals surface area contributed by atoms with Gasteiger partial charge in [-0.25, -0.2) is 4.98 Å². The number of ether oxygens (including phenoxy) is 1. The van der Waals surface area contributed by atoms with Gasteiger partial charge in [-0.05, 0) is 18.6 Å². The fraction of sp³-hybridized carbons (Fsp3) is 0.583. The number of hydrogen-bond acceptors (Lipinski definition) is 5. The summed E-state index contributed by atoms with van der Waals surface area (Å²) in [6.07, 6.45) is 1.86. The number of rotatable bonds is 3. The van der Waals surface area contributed by atoms with E-state index < -0.39 is 0 Å². The van der Waals surface area contributed by atoms with E-state index in [4.69, 9.17) is 10.5 Å². The molecule has 0 bridgehead atoms. The molecule has 1 fully saturated rings. The zero-order valence-electron chi connectivity index (χ0n) is 10.4. The molecule has 0 amide bonds. The zero-order valence-corrected chi connectivity index (χ0v) is 10.4. The minimum absolute atomic E-state index is 0.380. The van der Waals surface area contributed by atoms with Crippen LogP contribution in [0.25, 0.3) is 0 Å². The summed E-state index contributed by atoms with van der Waals surface area (Å²) in [4.78, 5) is 6.51. The van der Waals surface area contributed by atoms with Crippen LogP contribution in [0.4, 0.5) is 11.5 Å². The molecule has 0 spiro atoms. The fourth-order valence-corrected chi connectivity index (χ4v) is 2.26. The number of nitrogens with zero attached hydrogens (tertiary/aromatic N) is 2. The normalized spacial score (nSPS) is 20.6. The second-order valence-corrected chi connectivity index (χ2v) is 4.45. The van der Waals surface area contributed by atoms with Crippen LogP contribution in [0.2, 0.25) is 0 Å². The summed E-state index contributed by atoms with van der Waals surface area (Å²) < 4.78 is 5.19. The average molecular weight is 236 g/mol. The van der Waals surface area contributed by atoms with E-state index in [-0.39, 0.29) is 0 Å². The van der Waals surface area contributed by atoms with E-state index in [1.807, 2.05) is 12.3 Å². The number of anilines is 2. The number of nitrogens with one attached hydrogen (secondary N) is 1. The summed E-state index contributed by atoms with van der Waals surface area (Å²) in [5, 5.41) is 3.44. The lowest BCUT2D eigenvalue weighted by Gasteiger charge is -2.35. The van der Waals surface area contributed by atoms with Crippen molar-refractivity contribution in [3.05, 3.63) is 17.8 Å². The second kappa shape index (κ2) is 5.33. The summed E-state index contributed by atoms with van der Waals surface area (Å²) in [6.45, 7) is 5.71. The molecule has 2 heterocycles. The first kappa shape index (κ1) is 12.1. The molecule has 5 nitrogen and oxygen atoms in total. The molecule has 1 aliphatic rings. The number of hydrogen-bond donors (Lipinski definition) is 2. The van der Waals surface area contributed by atoms with Gasteiger partial charge in [0.05, 0.1) is 18.5 Å². The van der Waals surface area contributed by atoms with Crippen molar-refractivity contribution in [2.45, 2.75) is 13.0 Å². The molecule has 2 rings (SSSR count). The van der Waals surface area contributed by atoms with Crippen LogP contribution in [0.5, 0.6) is 0 Å². The Bertz CT molecular complexity index is 381. The van der Waals surface area contributed by atoms with Crippen molar-refractivity contribution < 1.29 is 4.74 Å². The highest BCUT2D eigenvalue weighted by Crippen LogP contribution is 2.21. The van der Waals surface area contributed by atoms with Gasteiger partial charge in [-0.15, -0.1) is 0 Å². The quantitative estimate of drug-likeness (QED) is 0.795. The SMILES string of the molecule is COCC1CN(c2cnc(N)cc2C)CCN1. The van der Waals surface area contributed by atoms with E-state index in [2.05, 4.69) is 22.1 Å². The Morgan fingerprint density at radius 3 is 3.18 bits per heavy atom. The van der Waals surface area contributed by atoms with Gasteiger partial charge in [-0.1, -0.05) is 0 Å². The number of pyridine rings is 1. The standard InChI is InChI=1S/C12H20N4O/c1-9-5-12(13)15-6-11(9)16-4-3-14-10(7-16)8-17-2/h5-6,10,14H,3-4,7-8H2,1-2H3,(H2,13,15). The molecule has 94 valence electrons. The topological polar surface area (TPSA) is 63.4 Å². The predicted octanol–water partition coefficient (Wildman–Crippen LogP) is 0.397. The van der Waals surface area contributed by atoms with Gasteiger partial charge in [0, 0.05) is 32.8 Å². The molecule has 17 heavy (non-hydrogen) atoms. The van der Waals surface area contributed by atoms with Crippen LogP contribution >= 0.6 is 0 Å². The van der Waals surface area contributed by atoms with Crippen LogP contribution in [0.3, 0.4) is 0 Å². The predicted molar refractivity (Wildman–Crippen MR) is 69.3 cm³/mol. The minimum Gasteiger partial charge on any atom is -0.384 e. The molecule has 0 radical (unpaired) electrons. The van der Waals surface area contributed by atoms with E-state index in [9.17, 15) is 0 Å². The molecule has 1 unspecified atom stereocenters. The number of piperazine rings is 1. The number of nitrogen functional groups attached to an aromatic ring is 1. The van der Waals surface area contributed by atoms with Crippen LogP contribution < -0.4 is 16.0 Å². The molecule has 1 aliphatic heterocycles. The van der Waals surface area contributed by atoms with Crippen molar-refractivity contribution in [3.8, 4) is 0 Å². The summed E-state index contributed by atoms with van der Waals surface area (Å²) in [5.41, 5.74) is 8.01. The monoisotopic (exact) mass is 236 g/mol. The van der Waals surface area contributed by atoms with Crippen LogP contribution in [0.15, 0.2) is 12.3 Å². The van der Waals surface area contributed by atoms with Crippen molar-refractivity contribution in [1.29, 1.82) is 0 Å². The van der Waals surface area contributed by atoms with Crippen LogP contribution in [0, 0.1) is 6.92 Å². The second-order valence-electron chi connectivity index (χ2n) is 4.45. The maximum Gasteiger partial charge on any atom is 0.123 e. The van der Waals surface area contributed by atoms with Crippen molar-refractivity contribution in [2.24, 2.45) is 0 Å². The number of methoxy groups -OCH3 is 1. The number of nitrogens with two attached hydrogens (primary N) is 1. The van der Waals surface area contributed by atoms with Crippen molar-refractivity contribution in [3.63, 3.8) is 0 Å². The fourth-order valence-electron chi connectivity index (χ4n) is 2.26. The molecule has 1 saturated heterocycles. The highest BCUT2D eigenvalue weighted by atomic mass is 16.5. The maximum absolute atomic E-state index is 5.67. The highest BCUT2D eigenvalue weighted by molar-refractivity contribution is 5.55. The van der Waals surface area contributed by atoms with Gasteiger partial charge in [0.1, 0.15) is 5.82 Å². The third-order valence-electron chi connectivity index (χ3n) is 3.07. The summed E-state index contributed by atoms with van der Waals surface area (Å²) in [7, 11) is 1.73. The molecule has 0 aliphatic carbocycles. The summed E-state index contributed by atoms with van der Waals surface area (Å²) >= 11 is 0. The van der Waals surface area contributed by atoms with E-state index in [0.29, 0.717) is 11.9 Å². The van der Waals surface area contributed by atoms with Gasteiger partial charge in [0.15, 0.2) is 0 Å². The lowest BCUT2D eigenvalue weighted by molar-refractivity contribution is 0.163. The molecule has 1 atom stereocenters. The molecular weight excluding hydrogens is 216 g/mol. The lowest BCUT2D eigenvalue weighted by Crippen LogP contribution is -2.52. The first-order chi connectivity index (χ1) is 8.20. The third-order valence-corrected chi connectivity index (χ3v) is 3.07. The van der Waals surface area contributed by atoms with Gasteiger partial charge in [-0.3, -0.25) is 0 Å². The lowest BCUT2D eigenvalue weighted by atomic mass is 10.1. The number of aromatic nitrogens is 1. The molecule has 0 aromatic carbocycles. The van der Waals surface area contributed by atoms with Gasteiger partial charge in [-0.2, -0.15) is 0 Å². The van der Waals surface area contributed by atoms with E-state index in [1.54, 1.807) is 7.11 Å². The van der Waals surface area contributed by atoms with E-state index >= 15 is 0 Å². The van der Waals surface area contributed by atoms with Gasteiger partial charge in [0.2, 0.25) is 0 Å². The Balaban J connectivity index is 2.10. The smallest absolute Gasteiger partial charge is 0.123 e. The van der Waals surface area contributed by atoms with Gasteiger partial charge >= 0.3 is 0 Å². The van der Waals surface area contributed by atoms with Crippen LogP contribution in [0.1, 0.15) is 5.56 Å². The highest BCUT2D eigenvalue weighted by Gasteiger charge is 2.20. The zero-order chi connectivity index (χ0) is 12.3. The number of aryl methyl sites for hydroxylation is 1. The van der Waals surface area contributed by atoms with Crippen molar-refractivity contribution >= 4 is 11.5 Å². The van der Waals surface area contributed by atoms with E-state index in [1.165, 1.54) is 11.3 Å². The van der Waals surface area contributed by atoms with Crippen molar-refractivity contribution in [1.82, 2.24) is 10.3 Å². The molecule has 0 saturated carbocycles. The molecular formula is C12H20N4O. The van der Waals surface area contributed by atoms with Crippen LogP contribution in [-0.4, -0.2) is 44.4 Å². The average Bonchev–Trinajstić information content (AvgIpc) is 2.29. The Morgan fingerprint density at radius 2 is 2.47 bits per heavy atom. The summed E-state index contributed by atoms with van der Waals surface area (Å²) in [6, 6.07) is 2.30. The van der Waals surface area contributed by atoms with Crippen molar-refractivity contribution in [2.75, 3.05) is 44.0 Å². The largest absolute Gasteiger partial charge is 0.384 e. The van der Waals surface area contributed by atoms with Gasteiger partial charge in [0.25, 0.3) is 0 Å². The molecule has 5 heteroatoms.